The molecule has 0 radical (unpaired) electrons. The Morgan fingerprint density at radius 2 is 1.94 bits per heavy atom. The van der Waals surface area contributed by atoms with Crippen LogP contribution in [0.2, 0.25) is 0 Å². The number of carbonyl (C=O) groups is 1. The molecule has 0 fully saturated rings. The second-order valence-corrected chi connectivity index (χ2v) is 4.91. The summed E-state index contributed by atoms with van der Waals surface area (Å²) in [6.45, 7) is 0. The zero-order valence-corrected chi connectivity index (χ0v) is 11.3. The SMILES string of the molecule is N[C@@H](C(=O)Cc1ccc(Br)cn1)c1ccccc1. The summed E-state index contributed by atoms with van der Waals surface area (Å²) in [5, 5.41) is 0. The molecule has 0 amide bonds. The quantitative estimate of drug-likeness (QED) is 0.945. The van der Waals surface area contributed by atoms with Crippen molar-refractivity contribution in [3.63, 3.8) is 0 Å². The minimum absolute atomic E-state index is 0.0315. The van der Waals surface area contributed by atoms with Crippen LogP contribution >= 0.6 is 15.9 Å². The van der Waals surface area contributed by atoms with Gasteiger partial charge in [-0.05, 0) is 33.6 Å². The van der Waals surface area contributed by atoms with Crippen molar-refractivity contribution in [3.05, 3.63) is 64.4 Å². The van der Waals surface area contributed by atoms with Gasteiger partial charge in [0.1, 0.15) is 0 Å². The van der Waals surface area contributed by atoms with Crippen molar-refractivity contribution in [2.75, 3.05) is 0 Å². The molecular formula is C14H13BrN2O. The number of hydrogen-bond donors (Lipinski definition) is 1. The van der Waals surface area contributed by atoms with Gasteiger partial charge in [-0.2, -0.15) is 0 Å². The predicted molar refractivity (Wildman–Crippen MR) is 74.0 cm³/mol. The molecule has 1 heterocycles. The Bertz CT molecular complexity index is 525. The Hall–Kier alpha value is -1.52. The first-order chi connectivity index (χ1) is 8.66. The highest BCUT2D eigenvalue weighted by Crippen LogP contribution is 2.14. The van der Waals surface area contributed by atoms with Crippen LogP contribution in [0, 0.1) is 0 Å². The van der Waals surface area contributed by atoms with E-state index in [-0.39, 0.29) is 12.2 Å². The minimum Gasteiger partial charge on any atom is -0.318 e. The van der Waals surface area contributed by atoms with E-state index in [1.54, 1.807) is 6.20 Å². The van der Waals surface area contributed by atoms with Crippen LogP contribution in [-0.4, -0.2) is 10.8 Å². The van der Waals surface area contributed by atoms with E-state index in [2.05, 4.69) is 20.9 Å². The molecule has 18 heavy (non-hydrogen) atoms. The monoisotopic (exact) mass is 304 g/mol. The Kier molecular flexibility index (Phi) is 4.23. The molecule has 1 aromatic heterocycles. The maximum absolute atomic E-state index is 12.0. The lowest BCUT2D eigenvalue weighted by Gasteiger charge is -2.10. The van der Waals surface area contributed by atoms with Crippen molar-refractivity contribution in [3.8, 4) is 0 Å². The van der Waals surface area contributed by atoms with Gasteiger partial charge in [-0.3, -0.25) is 9.78 Å². The molecule has 0 saturated heterocycles. The van der Waals surface area contributed by atoms with Gasteiger partial charge in [-0.25, -0.2) is 0 Å². The molecule has 0 bridgehead atoms. The van der Waals surface area contributed by atoms with E-state index in [1.165, 1.54) is 0 Å². The minimum atomic E-state index is -0.586. The third-order valence-electron chi connectivity index (χ3n) is 2.65. The molecule has 92 valence electrons. The molecule has 2 aromatic rings. The second-order valence-electron chi connectivity index (χ2n) is 4.00. The molecule has 0 aliphatic heterocycles. The van der Waals surface area contributed by atoms with Crippen LogP contribution in [0.5, 0.6) is 0 Å². The van der Waals surface area contributed by atoms with Crippen LogP contribution in [0.1, 0.15) is 17.3 Å². The number of nitrogens with zero attached hydrogens (tertiary/aromatic N) is 1. The lowest BCUT2D eigenvalue weighted by molar-refractivity contribution is -0.119. The first-order valence-corrected chi connectivity index (χ1v) is 6.40. The molecule has 0 spiro atoms. The fraction of sp³-hybridized carbons (Fsp3) is 0.143. The number of halogens is 1. The average Bonchev–Trinajstić information content (AvgIpc) is 2.41. The van der Waals surface area contributed by atoms with E-state index in [1.807, 2.05) is 42.5 Å². The van der Waals surface area contributed by atoms with Gasteiger partial charge < -0.3 is 5.73 Å². The number of ketones is 1. The van der Waals surface area contributed by atoms with Crippen molar-refractivity contribution >= 4 is 21.7 Å². The van der Waals surface area contributed by atoms with Gasteiger partial charge in [0.25, 0.3) is 0 Å². The molecule has 3 nitrogen and oxygen atoms in total. The van der Waals surface area contributed by atoms with E-state index in [0.29, 0.717) is 0 Å². The fourth-order valence-electron chi connectivity index (χ4n) is 1.65. The summed E-state index contributed by atoms with van der Waals surface area (Å²) in [6.07, 6.45) is 1.93. The Morgan fingerprint density at radius 3 is 2.56 bits per heavy atom. The van der Waals surface area contributed by atoms with Crippen LogP contribution in [-0.2, 0) is 11.2 Å². The number of hydrogen-bond acceptors (Lipinski definition) is 3. The van der Waals surface area contributed by atoms with Gasteiger partial charge in [0, 0.05) is 16.4 Å². The molecule has 4 heteroatoms. The molecule has 2 N–H and O–H groups in total. The standard InChI is InChI=1S/C14H13BrN2O/c15-11-6-7-12(17-9-11)8-13(18)14(16)10-4-2-1-3-5-10/h1-7,9,14H,8,16H2/t14-/m1/s1. The van der Waals surface area contributed by atoms with Crippen molar-refractivity contribution in [1.82, 2.24) is 4.98 Å². The fourth-order valence-corrected chi connectivity index (χ4v) is 1.88. The van der Waals surface area contributed by atoms with Gasteiger partial charge in [-0.1, -0.05) is 30.3 Å². The number of pyridine rings is 1. The molecule has 0 saturated carbocycles. The second kappa shape index (κ2) is 5.89. The van der Waals surface area contributed by atoms with Crippen molar-refractivity contribution < 1.29 is 4.79 Å². The molecule has 2 rings (SSSR count). The van der Waals surface area contributed by atoms with Crippen LogP contribution in [0.3, 0.4) is 0 Å². The van der Waals surface area contributed by atoms with Gasteiger partial charge in [0.05, 0.1) is 12.5 Å². The molecule has 0 aliphatic carbocycles. The number of Topliss-reactive ketones (excluding diaryl/α,β-unsaturated/α-hetero) is 1. The van der Waals surface area contributed by atoms with Crippen molar-refractivity contribution in [2.24, 2.45) is 5.73 Å². The van der Waals surface area contributed by atoms with E-state index < -0.39 is 6.04 Å². The van der Waals surface area contributed by atoms with E-state index in [9.17, 15) is 4.79 Å². The lowest BCUT2D eigenvalue weighted by atomic mass is 10.0. The van der Waals surface area contributed by atoms with Crippen LogP contribution in [0.4, 0.5) is 0 Å². The van der Waals surface area contributed by atoms with Gasteiger partial charge in [0.15, 0.2) is 5.78 Å². The third kappa shape index (κ3) is 3.24. The average molecular weight is 305 g/mol. The number of nitrogens with two attached hydrogens (primary N) is 1. The highest BCUT2D eigenvalue weighted by molar-refractivity contribution is 9.10. The Labute approximate surface area is 114 Å². The van der Waals surface area contributed by atoms with Crippen LogP contribution < -0.4 is 5.73 Å². The predicted octanol–water partition coefficient (Wildman–Crippen LogP) is 2.66. The normalized spacial score (nSPS) is 12.1. The maximum Gasteiger partial charge on any atom is 0.159 e. The number of benzene rings is 1. The highest BCUT2D eigenvalue weighted by Gasteiger charge is 2.16. The van der Waals surface area contributed by atoms with Gasteiger partial charge >= 0.3 is 0 Å². The maximum atomic E-state index is 12.0. The first-order valence-electron chi connectivity index (χ1n) is 5.60. The smallest absolute Gasteiger partial charge is 0.159 e. The summed E-state index contributed by atoms with van der Waals surface area (Å²) >= 11 is 3.31. The number of carbonyl (C=O) groups excluding carboxylic acids is 1. The Morgan fingerprint density at radius 1 is 1.22 bits per heavy atom. The molecule has 1 atom stereocenters. The van der Waals surface area contributed by atoms with Gasteiger partial charge in [0.2, 0.25) is 0 Å². The van der Waals surface area contributed by atoms with Crippen LogP contribution in [0.15, 0.2) is 53.1 Å². The summed E-state index contributed by atoms with van der Waals surface area (Å²) in [7, 11) is 0. The summed E-state index contributed by atoms with van der Waals surface area (Å²) in [5.41, 5.74) is 7.49. The van der Waals surface area contributed by atoms with E-state index in [0.717, 1.165) is 15.7 Å². The molecular weight excluding hydrogens is 292 g/mol. The zero-order valence-electron chi connectivity index (χ0n) is 9.71. The highest BCUT2D eigenvalue weighted by atomic mass is 79.9. The van der Waals surface area contributed by atoms with E-state index in [4.69, 9.17) is 5.73 Å². The number of rotatable bonds is 4. The lowest BCUT2D eigenvalue weighted by Crippen LogP contribution is -2.23. The Balaban J connectivity index is 2.06. The molecule has 0 unspecified atom stereocenters. The molecule has 0 aliphatic rings. The van der Waals surface area contributed by atoms with Crippen molar-refractivity contribution in [2.45, 2.75) is 12.5 Å². The topological polar surface area (TPSA) is 56.0 Å². The van der Waals surface area contributed by atoms with Crippen molar-refractivity contribution in [1.29, 1.82) is 0 Å². The summed E-state index contributed by atoms with van der Waals surface area (Å²) < 4.78 is 0.894. The summed E-state index contributed by atoms with van der Waals surface area (Å²) in [5.74, 6) is -0.0315. The van der Waals surface area contributed by atoms with Gasteiger partial charge in [-0.15, -0.1) is 0 Å². The van der Waals surface area contributed by atoms with E-state index >= 15 is 0 Å². The third-order valence-corrected chi connectivity index (χ3v) is 3.12. The summed E-state index contributed by atoms with van der Waals surface area (Å²) in [4.78, 5) is 16.2. The summed E-state index contributed by atoms with van der Waals surface area (Å²) in [6, 6.07) is 12.5. The largest absolute Gasteiger partial charge is 0.318 e. The molecule has 1 aromatic carbocycles. The first kappa shape index (κ1) is 12.9. The van der Waals surface area contributed by atoms with Crippen LogP contribution in [0.25, 0.3) is 0 Å². The number of aromatic nitrogens is 1. The zero-order chi connectivity index (χ0) is 13.0.